The highest BCUT2D eigenvalue weighted by molar-refractivity contribution is 5.68. The van der Waals surface area contributed by atoms with E-state index in [-0.39, 0.29) is 13.2 Å². The molecule has 314 valence electrons. The molecule has 0 N–H and O–H groups in total. The number of carbonyl (C=O) groups excluding carboxylic acids is 4. The highest BCUT2D eigenvalue weighted by Crippen LogP contribution is 2.39. The van der Waals surface area contributed by atoms with Crippen LogP contribution in [0.15, 0.2) is 97.2 Å². The molecule has 0 unspecified atom stereocenters. The summed E-state index contributed by atoms with van der Waals surface area (Å²) in [6, 6.07) is 29.2. The van der Waals surface area contributed by atoms with Crippen molar-refractivity contribution in [1.82, 2.24) is 15.0 Å². The van der Waals surface area contributed by atoms with E-state index in [2.05, 4.69) is 10.3 Å². The minimum Gasteiger partial charge on any atom is -0.463 e. The topological polar surface area (TPSA) is 182 Å². The van der Waals surface area contributed by atoms with Gasteiger partial charge in [-0.25, -0.2) is 4.68 Å². The predicted molar refractivity (Wildman–Crippen MR) is 206 cm³/mol. The monoisotopic (exact) mass is 815 g/mol. The first-order valence-corrected chi connectivity index (χ1v) is 19.3. The average molecular weight is 816 g/mol. The van der Waals surface area contributed by atoms with Gasteiger partial charge in [-0.05, 0) is 23.6 Å². The summed E-state index contributed by atoms with van der Waals surface area (Å²) in [5, 5.41) is 8.88. The Morgan fingerprint density at radius 1 is 0.576 bits per heavy atom. The smallest absolute Gasteiger partial charge is 0.303 e. The number of nitrogens with zero attached hydrogens (tertiary/aromatic N) is 3. The maximum absolute atomic E-state index is 12.5. The van der Waals surface area contributed by atoms with Gasteiger partial charge in [0.1, 0.15) is 42.8 Å². The Labute approximate surface area is 341 Å². The summed E-state index contributed by atoms with van der Waals surface area (Å²) >= 11 is 0. The Hall–Kier alpha value is -5.52. The molecule has 3 aromatic carbocycles. The van der Waals surface area contributed by atoms with Crippen LogP contribution in [-0.4, -0.2) is 94.3 Å². The Morgan fingerprint density at radius 2 is 1.05 bits per heavy atom. The van der Waals surface area contributed by atoms with Crippen molar-refractivity contribution in [1.29, 1.82) is 0 Å². The molecule has 59 heavy (non-hydrogen) atoms. The van der Waals surface area contributed by atoms with Gasteiger partial charge in [-0.3, -0.25) is 19.2 Å². The lowest BCUT2D eigenvalue weighted by Crippen LogP contribution is -2.60. The highest BCUT2D eigenvalue weighted by Gasteiger charge is 2.54. The van der Waals surface area contributed by atoms with Crippen molar-refractivity contribution in [3.05, 3.63) is 120 Å². The number of carbonyl (C=O) groups is 4. The quantitative estimate of drug-likeness (QED) is 0.112. The van der Waals surface area contributed by atoms with E-state index in [0.29, 0.717) is 12.3 Å². The molecule has 0 amide bonds. The fourth-order valence-corrected chi connectivity index (χ4v) is 7.12. The van der Waals surface area contributed by atoms with E-state index >= 15 is 0 Å². The first kappa shape index (κ1) is 43.1. The summed E-state index contributed by atoms with van der Waals surface area (Å²) in [6.45, 7) is 6.89. The van der Waals surface area contributed by atoms with Crippen LogP contribution in [0.2, 0.25) is 0 Å². The Kier molecular flexibility index (Phi) is 14.9. The second-order valence-electron chi connectivity index (χ2n) is 14.3. The largest absolute Gasteiger partial charge is 0.463 e. The van der Waals surface area contributed by atoms with Gasteiger partial charge in [0.15, 0.2) is 24.5 Å². The molecular weight excluding hydrogens is 766 g/mol. The van der Waals surface area contributed by atoms with Crippen LogP contribution in [0.25, 0.3) is 0 Å². The van der Waals surface area contributed by atoms with Gasteiger partial charge in [-0.15, -0.1) is 5.10 Å². The van der Waals surface area contributed by atoms with E-state index in [0.717, 1.165) is 37.5 Å². The van der Waals surface area contributed by atoms with Crippen LogP contribution in [-0.2, 0) is 81.6 Å². The van der Waals surface area contributed by atoms with Crippen molar-refractivity contribution in [3.63, 3.8) is 0 Å². The third-order valence-corrected chi connectivity index (χ3v) is 9.67. The number of esters is 4. The molecule has 0 saturated carbocycles. The van der Waals surface area contributed by atoms with Gasteiger partial charge in [0, 0.05) is 27.7 Å². The number of hydrogen-bond acceptors (Lipinski definition) is 15. The Balaban J connectivity index is 1.37. The third kappa shape index (κ3) is 11.6. The molecule has 2 aliphatic heterocycles. The van der Waals surface area contributed by atoms with E-state index in [1.807, 2.05) is 97.9 Å². The lowest BCUT2D eigenvalue weighted by atomic mass is 9.93. The molecule has 3 heterocycles. The lowest BCUT2D eigenvalue weighted by Gasteiger charge is -2.45. The van der Waals surface area contributed by atoms with Crippen LogP contribution in [0.3, 0.4) is 0 Å². The number of rotatable bonds is 16. The van der Waals surface area contributed by atoms with Crippen LogP contribution in [0, 0.1) is 0 Å². The maximum atomic E-state index is 12.5. The van der Waals surface area contributed by atoms with Crippen molar-refractivity contribution in [3.8, 4) is 0 Å². The summed E-state index contributed by atoms with van der Waals surface area (Å²) in [7, 11) is 0. The third-order valence-electron chi connectivity index (χ3n) is 9.67. The molecule has 0 aliphatic carbocycles. The molecule has 0 radical (unpaired) electrons. The molecule has 4 aromatic rings. The first-order valence-electron chi connectivity index (χ1n) is 19.3. The van der Waals surface area contributed by atoms with E-state index < -0.39 is 91.6 Å². The van der Waals surface area contributed by atoms with Crippen LogP contribution in [0.1, 0.15) is 69.3 Å². The van der Waals surface area contributed by atoms with Crippen molar-refractivity contribution in [2.45, 2.75) is 116 Å². The fraction of sp³-hybridized carbons (Fsp3) is 0.442. The second kappa shape index (κ2) is 20.4. The van der Waals surface area contributed by atoms with Gasteiger partial charge in [0.25, 0.3) is 0 Å². The van der Waals surface area contributed by atoms with Gasteiger partial charge in [-0.2, -0.15) is 0 Å². The van der Waals surface area contributed by atoms with Gasteiger partial charge >= 0.3 is 23.9 Å². The van der Waals surface area contributed by atoms with Crippen molar-refractivity contribution < 1.29 is 61.8 Å². The molecule has 10 atom stereocenters. The van der Waals surface area contributed by atoms with Crippen LogP contribution < -0.4 is 0 Å². The molecule has 2 saturated heterocycles. The molecule has 0 bridgehead atoms. The van der Waals surface area contributed by atoms with Crippen LogP contribution in [0.4, 0.5) is 0 Å². The zero-order valence-corrected chi connectivity index (χ0v) is 33.5. The number of hydrogen-bond donors (Lipinski definition) is 0. The van der Waals surface area contributed by atoms with E-state index in [4.69, 9.17) is 42.6 Å². The Bertz CT molecular complexity index is 1980. The molecule has 16 nitrogen and oxygen atoms in total. The predicted octanol–water partition coefficient (Wildman–Crippen LogP) is 4.75. The molecule has 2 fully saturated rings. The average Bonchev–Trinajstić information content (AvgIpc) is 3.70. The second-order valence-corrected chi connectivity index (χ2v) is 14.3. The van der Waals surface area contributed by atoms with Gasteiger partial charge in [0.05, 0.1) is 32.1 Å². The fourth-order valence-electron chi connectivity index (χ4n) is 7.12. The van der Waals surface area contributed by atoms with Crippen LogP contribution in [0.5, 0.6) is 0 Å². The SMILES string of the molecule is CC(=O)OC[C@H]1O[C@@H](n2cc([C@@H]3O[C@@H](C)[C@@H](OCc4ccccc4)[C@@H](OCc4ccccc4)[C@@H]3OCc3ccccc3)nn2)[C@H](OC(C)=O)[C@@H](OC(C)=O)[C@H]1OC(C)=O. The first-order chi connectivity index (χ1) is 28.5. The maximum Gasteiger partial charge on any atom is 0.303 e. The van der Waals surface area contributed by atoms with Crippen molar-refractivity contribution >= 4 is 23.9 Å². The summed E-state index contributed by atoms with van der Waals surface area (Å²) < 4.78 is 56.5. The van der Waals surface area contributed by atoms with Gasteiger partial charge < -0.3 is 42.6 Å². The Morgan fingerprint density at radius 3 is 1.56 bits per heavy atom. The number of ether oxygens (including phenoxy) is 9. The van der Waals surface area contributed by atoms with E-state index in [9.17, 15) is 19.2 Å². The van der Waals surface area contributed by atoms with E-state index in [1.54, 1.807) is 0 Å². The molecule has 1 aromatic heterocycles. The molecule has 6 rings (SSSR count). The summed E-state index contributed by atoms with van der Waals surface area (Å²) in [5.74, 6) is -2.89. The van der Waals surface area contributed by atoms with Crippen molar-refractivity contribution in [2.75, 3.05) is 6.61 Å². The normalized spacial score (nSPS) is 26.7. The highest BCUT2D eigenvalue weighted by atomic mass is 16.7. The van der Waals surface area contributed by atoms with Gasteiger partial charge in [-0.1, -0.05) is 96.2 Å². The van der Waals surface area contributed by atoms with Gasteiger partial charge in [0.2, 0.25) is 0 Å². The van der Waals surface area contributed by atoms with Crippen LogP contribution >= 0.6 is 0 Å². The zero-order valence-electron chi connectivity index (χ0n) is 33.5. The number of aromatic nitrogens is 3. The minimum absolute atomic E-state index is 0.199. The molecule has 0 spiro atoms. The summed E-state index contributed by atoms with van der Waals surface area (Å²) in [6.07, 6.45) is -8.64. The zero-order chi connectivity index (χ0) is 41.9. The van der Waals surface area contributed by atoms with Crippen molar-refractivity contribution in [2.24, 2.45) is 0 Å². The minimum atomic E-state index is -1.40. The summed E-state index contributed by atoms with van der Waals surface area (Å²) in [4.78, 5) is 49.1. The lowest BCUT2D eigenvalue weighted by molar-refractivity contribution is -0.270. The molecular formula is C43H49N3O13. The van der Waals surface area contributed by atoms with E-state index in [1.165, 1.54) is 17.8 Å². The summed E-state index contributed by atoms with van der Waals surface area (Å²) in [5.41, 5.74) is 3.13. The number of benzene rings is 3. The standard InChI is InChI=1S/C43H49N3O13/c1-26-36(52-22-31-15-9-6-10-16-31)39(53-23-32-17-11-7-12-18-32)40(54-24-33-19-13-8-14-20-33)37(55-26)34-21-46(45-44-34)43-42(58-30(5)50)41(57-29(4)49)38(56-28(3)48)35(59-43)25-51-27(2)47/h6-21,26,35-43H,22-25H2,1-5H3/t26-,35+,36+,37-,38-,39+,40+,41-,42+,43+/m0/s1. The molecule has 2 aliphatic rings. The molecule has 16 heteroatoms.